The minimum atomic E-state index is -0.0720. The molecule has 1 amide bonds. The number of rotatable bonds is 8. The third kappa shape index (κ3) is 5.39. The molecule has 0 saturated carbocycles. The SMILES string of the molecule is CC[C@H](C)c1ccc(NC(=O)CSc2nnc(-c3ccccc3)n2-c2ccc(C)c(C)c2)cc1. The van der Waals surface area contributed by atoms with Crippen LogP contribution < -0.4 is 5.32 Å². The summed E-state index contributed by atoms with van der Waals surface area (Å²) in [5.41, 5.74) is 6.47. The van der Waals surface area contributed by atoms with Crippen molar-refractivity contribution in [3.05, 3.63) is 89.5 Å². The molecule has 6 heteroatoms. The van der Waals surface area contributed by atoms with Crippen LogP contribution in [0, 0.1) is 13.8 Å². The molecule has 0 saturated heterocycles. The Morgan fingerprint density at radius 2 is 1.71 bits per heavy atom. The van der Waals surface area contributed by atoms with Crippen molar-refractivity contribution < 1.29 is 4.79 Å². The second-order valence-electron chi connectivity index (χ2n) is 8.54. The lowest BCUT2D eigenvalue weighted by atomic mass is 9.99. The molecule has 0 aliphatic carbocycles. The molecule has 4 aromatic rings. The molecule has 4 rings (SSSR count). The number of thioether (sulfide) groups is 1. The molecule has 1 aromatic heterocycles. The van der Waals surface area contributed by atoms with Crippen molar-refractivity contribution in [1.82, 2.24) is 14.8 Å². The van der Waals surface area contributed by atoms with Gasteiger partial charge in [-0.25, -0.2) is 0 Å². The van der Waals surface area contributed by atoms with E-state index in [2.05, 4.69) is 73.5 Å². The Bertz CT molecular complexity index is 1270. The Kier molecular flexibility index (Phi) is 7.48. The van der Waals surface area contributed by atoms with Crippen molar-refractivity contribution in [3.63, 3.8) is 0 Å². The highest BCUT2D eigenvalue weighted by Crippen LogP contribution is 2.29. The number of nitrogens with zero attached hydrogens (tertiary/aromatic N) is 3. The molecule has 174 valence electrons. The first kappa shape index (κ1) is 23.8. The van der Waals surface area contributed by atoms with Crippen LogP contribution in [0.2, 0.25) is 0 Å². The Morgan fingerprint density at radius 1 is 0.971 bits per heavy atom. The van der Waals surface area contributed by atoms with E-state index < -0.39 is 0 Å². The van der Waals surface area contributed by atoms with Crippen molar-refractivity contribution in [3.8, 4) is 17.1 Å². The lowest BCUT2D eigenvalue weighted by molar-refractivity contribution is -0.113. The summed E-state index contributed by atoms with van der Waals surface area (Å²) in [5, 5.41) is 12.6. The van der Waals surface area contributed by atoms with Crippen molar-refractivity contribution in [2.75, 3.05) is 11.1 Å². The molecule has 3 aromatic carbocycles. The summed E-state index contributed by atoms with van der Waals surface area (Å²) in [6.45, 7) is 8.58. The van der Waals surface area contributed by atoms with Gasteiger partial charge in [0.2, 0.25) is 5.91 Å². The minimum absolute atomic E-state index is 0.0720. The number of hydrogen-bond acceptors (Lipinski definition) is 4. The topological polar surface area (TPSA) is 59.8 Å². The predicted molar refractivity (Wildman–Crippen MR) is 141 cm³/mol. The predicted octanol–water partition coefficient (Wildman–Crippen LogP) is 6.80. The van der Waals surface area contributed by atoms with Crippen LogP contribution >= 0.6 is 11.8 Å². The Labute approximate surface area is 205 Å². The van der Waals surface area contributed by atoms with E-state index in [1.54, 1.807) is 0 Å². The molecular formula is C28H30N4OS. The number of aryl methyl sites for hydroxylation is 2. The zero-order valence-electron chi connectivity index (χ0n) is 20.1. The Balaban J connectivity index is 1.54. The molecule has 0 fully saturated rings. The van der Waals surface area contributed by atoms with Crippen LogP contribution in [0.4, 0.5) is 5.69 Å². The number of carbonyl (C=O) groups excluding carboxylic acids is 1. The standard InChI is InChI=1S/C28H30N4OS/c1-5-19(2)22-12-14-24(15-13-22)29-26(33)18-34-28-31-30-27(23-9-7-6-8-10-23)32(28)25-16-11-20(3)21(4)17-25/h6-17,19H,5,18H2,1-4H3,(H,29,33)/t19-/m0/s1. The van der Waals surface area contributed by atoms with E-state index in [4.69, 9.17) is 0 Å². The smallest absolute Gasteiger partial charge is 0.234 e. The molecular weight excluding hydrogens is 440 g/mol. The van der Waals surface area contributed by atoms with E-state index in [0.717, 1.165) is 29.2 Å². The largest absolute Gasteiger partial charge is 0.325 e. The van der Waals surface area contributed by atoms with Gasteiger partial charge in [0.25, 0.3) is 0 Å². The first-order chi connectivity index (χ1) is 16.5. The summed E-state index contributed by atoms with van der Waals surface area (Å²) in [7, 11) is 0. The van der Waals surface area contributed by atoms with Gasteiger partial charge in [-0.2, -0.15) is 0 Å². The van der Waals surface area contributed by atoms with Gasteiger partial charge in [-0.05, 0) is 67.1 Å². The maximum Gasteiger partial charge on any atom is 0.234 e. The van der Waals surface area contributed by atoms with Crippen LogP contribution in [0.15, 0.2) is 78.0 Å². The summed E-state index contributed by atoms with van der Waals surface area (Å²) >= 11 is 1.38. The van der Waals surface area contributed by atoms with Crippen LogP contribution in [0.1, 0.15) is 42.9 Å². The van der Waals surface area contributed by atoms with E-state index in [0.29, 0.717) is 11.1 Å². The Hall–Kier alpha value is -3.38. The van der Waals surface area contributed by atoms with Gasteiger partial charge in [-0.1, -0.05) is 74.1 Å². The van der Waals surface area contributed by atoms with Crippen molar-refractivity contribution >= 4 is 23.4 Å². The number of amides is 1. The first-order valence-electron chi connectivity index (χ1n) is 11.6. The number of anilines is 1. The highest BCUT2D eigenvalue weighted by molar-refractivity contribution is 7.99. The van der Waals surface area contributed by atoms with Gasteiger partial charge in [0.1, 0.15) is 0 Å². The van der Waals surface area contributed by atoms with E-state index in [1.165, 1.54) is 28.5 Å². The quantitative estimate of drug-likeness (QED) is 0.288. The van der Waals surface area contributed by atoms with Gasteiger partial charge < -0.3 is 5.32 Å². The maximum absolute atomic E-state index is 12.7. The molecule has 1 N–H and O–H groups in total. The molecule has 0 spiro atoms. The van der Waals surface area contributed by atoms with E-state index in [-0.39, 0.29) is 11.7 Å². The molecule has 1 heterocycles. The van der Waals surface area contributed by atoms with E-state index in [9.17, 15) is 4.79 Å². The molecule has 0 aliphatic heterocycles. The lowest BCUT2D eigenvalue weighted by Gasteiger charge is -2.13. The minimum Gasteiger partial charge on any atom is -0.325 e. The average Bonchev–Trinajstić information content (AvgIpc) is 3.29. The molecule has 0 bridgehead atoms. The number of carbonyl (C=O) groups is 1. The summed E-state index contributed by atoms with van der Waals surface area (Å²) in [6, 6.07) is 24.4. The normalized spacial score (nSPS) is 11.9. The third-order valence-electron chi connectivity index (χ3n) is 6.12. The lowest BCUT2D eigenvalue weighted by Crippen LogP contribution is -2.14. The summed E-state index contributed by atoms with van der Waals surface area (Å²) in [4.78, 5) is 12.7. The second kappa shape index (κ2) is 10.7. The molecule has 0 radical (unpaired) electrons. The fraction of sp³-hybridized carbons (Fsp3) is 0.250. The number of aromatic nitrogens is 3. The monoisotopic (exact) mass is 470 g/mol. The zero-order chi connectivity index (χ0) is 24.1. The van der Waals surface area contributed by atoms with Gasteiger partial charge in [-0.3, -0.25) is 9.36 Å². The van der Waals surface area contributed by atoms with Crippen LogP contribution in [0.25, 0.3) is 17.1 Å². The van der Waals surface area contributed by atoms with Crippen LogP contribution in [-0.2, 0) is 4.79 Å². The van der Waals surface area contributed by atoms with Crippen molar-refractivity contribution in [2.24, 2.45) is 0 Å². The third-order valence-corrected chi connectivity index (χ3v) is 7.05. The number of nitrogens with one attached hydrogen (secondary N) is 1. The van der Waals surface area contributed by atoms with Crippen LogP contribution in [0.5, 0.6) is 0 Å². The van der Waals surface area contributed by atoms with Crippen LogP contribution in [-0.4, -0.2) is 26.4 Å². The van der Waals surface area contributed by atoms with Gasteiger partial charge in [0.15, 0.2) is 11.0 Å². The zero-order valence-corrected chi connectivity index (χ0v) is 20.9. The van der Waals surface area contributed by atoms with Gasteiger partial charge >= 0.3 is 0 Å². The average molecular weight is 471 g/mol. The fourth-order valence-electron chi connectivity index (χ4n) is 3.69. The maximum atomic E-state index is 12.7. The van der Waals surface area contributed by atoms with Crippen molar-refractivity contribution in [2.45, 2.75) is 45.2 Å². The molecule has 34 heavy (non-hydrogen) atoms. The summed E-state index contributed by atoms with van der Waals surface area (Å²) < 4.78 is 2.03. The van der Waals surface area contributed by atoms with Gasteiger partial charge in [-0.15, -0.1) is 10.2 Å². The second-order valence-corrected chi connectivity index (χ2v) is 9.49. The van der Waals surface area contributed by atoms with Crippen LogP contribution in [0.3, 0.4) is 0 Å². The molecule has 0 aliphatic rings. The highest BCUT2D eigenvalue weighted by atomic mass is 32.2. The Morgan fingerprint density at radius 3 is 2.38 bits per heavy atom. The molecule has 0 unspecified atom stereocenters. The van der Waals surface area contributed by atoms with E-state index >= 15 is 0 Å². The van der Waals surface area contributed by atoms with E-state index in [1.807, 2.05) is 47.0 Å². The van der Waals surface area contributed by atoms with Gasteiger partial charge in [0.05, 0.1) is 11.4 Å². The molecule has 5 nitrogen and oxygen atoms in total. The first-order valence-corrected chi connectivity index (χ1v) is 12.6. The van der Waals surface area contributed by atoms with Crippen molar-refractivity contribution in [1.29, 1.82) is 0 Å². The van der Waals surface area contributed by atoms with Gasteiger partial charge in [0, 0.05) is 11.3 Å². The highest BCUT2D eigenvalue weighted by Gasteiger charge is 2.18. The number of benzene rings is 3. The summed E-state index contributed by atoms with van der Waals surface area (Å²) in [6.07, 6.45) is 1.09. The fourth-order valence-corrected chi connectivity index (χ4v) is 4.44. The summed E-state index contributed by atoms with van der Waals surface area (Å²) in [5.74, 6) is 1.44. The number of hydrogen-bond donors (Lipinski definition) is 1. The molecule has 1 atom stereocenters.